The van der Waals surface area contributed by atoms with Crippen LogP contribution >= 0.6 is 0 Å². The summed E-state index contributed by atoms with van der Waals surface area (Å²) in [5, 5.41) is 0. The van der Waals surface area contributed by atoms with E-state index in [4.69, 9.17) is 4.42 Å². The Morgan fingerprint density at radius 2 is 2.24 bits per heavy atom. The second kappa shape index (κ2) is 6.43. The fourth-order valence-corrected chi connectivity index (χ4v) is 3.26. The molecule has 1 saturated heterocycles. The summed E-state index contributed by atoms with van der Waals surface area (Å²) < 4.78 is 7.29. The molecule has 3 aromatic rings. The number of nitrogens with zero attached hydrogens (tertiary/aromatic N) is 3. The predicted molar refractivity (Wildman–Crippen MR) is 91.2 cm³/mol. The van der Waals surface area contributed by atoms with Crippen molar-refractivity contribution in [1.29, 1.82) is 0 Å². The van der Waals surface area contributed by atoms with Crippen LogP contribution in [0.15, 0.2) is 58.5 Å². The molecule has 1 aliphatic heterocycles. The summed E-state index contributed by atoms with van der Waals surface area (Å²) in [7, 11) is 0. The van der Waals surface area contributed by atoms with Crippen molar-refractivity contribution in [2.24, 2.45) is 0 Å². The van der Waals surface area contributed by atoms with Gasteiger partial charge in [-0.05, 0) is 37.1 Å². The molecular formula is C18H18N4O3. The van der Waals surface area contributed by atoms with Crippen LogP contribution in [-0.2, 0) is 0 Å². The molecule has 1 unspecified atom stereocenters. The topological polar surface area (TPSA) is 84.1 Å². The van der Waals surface area contributed by atoms with Gasteiger partial charge in [0.1, 0.15) is 11.3 Å². The first-order chi connectivity index (χ1) is 12.2. The van der Waals surface area contributed by atoms with E-state index in [1.54, 1.807) is 41.7 Å². The van der Waals surface area contributed by atoms with Crippen LogP contribution in [0.25, 0.3) is 11.5 Å². The number of hydrogen-bond acceptors (Lipinski definition) is 4. The van der Waals surface area contributed by atoms with Gasteiger partial charge in [0, 0.05) is 25.5 Å². The Bertz CT molecular complexity index is 912. The highest BCUT2D eigenvalue weighted by atomic mass is 16.3. The van der Waals surface area contributed by atoms with Gasteiger partial charge in [0.15, 0.2) is 0 Å². The van der Waals surface area contributed by atoms with E-state index >= 15 is 0 Å². The highest BCUT2D eigenvalue weighted by Gasteiger charge is 2.26. The summed E-state index contributed by atoms with van der Waals surface area (Å²) in [5.74, 6) is 0.325. The van der Waals surface area contributed by atoms with Crippen molar-refractivity contribution in [3.8, 4) is 11.5 Å². The number of likely N-dealkylation sites (tertiary alicyclic amines) is 1. The van der Waals surface area contributed by atoms with Crippen LogP contribution in [-0.4, -0.2) is 38.4 Å². The Morgan fingerprint density at radius 3 is 2.96 bits per heavy atom. The molecule has 1 aliphatic rings. The maximum Gasteiger partial charge on any atom is 0.261 e. The van der Waals surface area contributed by atoms with Crippen LogP contribution < -0.4 is 5.56 Å². The molecule has 0 bridgehead atoms. The lowest BCUT2D eigenvalue weighted by molar-refractivity contribution is 0.0677. The Morgan fingerprint density at radius 1 is 1.32 bits per heavy atom. The van der Waals surface area contributed by atoms with Crippen LogP contribution in [0.4, 0.5) is 0 Å². The lowest BCUT2D eigenvalue weighted by Crippen LogP contribution is -2.42. The zero-order chi connectivity index (χ0) is 17.2. The number of aromatic amines is 1. The van der Waals surface area contributed by atoms with E-state index in [9.17, 15) is 9.59 Å². The molecule has 7 heteroatoms. The highest BCUT2D eigenvalue weighted by molar-refractivity contribution is 5.94. The number of carbonyl (C=O) groups is 1. The molecule has 3 aromatic heterocycles. The second-order valence-corrected chi connectivity index (χ2v) is 6.15. The number of rotatable bonds is 3. The molecule has 1 N–H and O–H groups in total. The second-order valence-electron chi connectivity index (χ2n) is 6.15. The van der Waals surface area contributed by atoms with Gasteiger partial charge in [0.05, 0.1) is 24.3 Å². The number of carbonyl (C=O) groups excluding carboxylic acids is 1. The minimum atomic E-state index is -0.399. The molecule has 0 saturated carbocycles. The number of nitrogens with one attached hydrogen (secondary N) is 1. The van der Waals surface area contributed by atoms with E-state index in [-0.39, 0.29) is 17.5 Å². The Kier molecular flexibility index (Phi) is 3.97. The maximum atomic E-state index is 12.8. The van der Waals surface area contributed by atoms with Crippen molar-refractivity contribution >= 4 is 5.91 Å². The lowest BCUT2D eigenvalue weighted by atomic mass is 10.0. The van der Waals surface area contributed by atoms with E-state index < -0.39 is 5.56 Å². The van der Waals surface area contributed by atoms with E-state index in [2.05, 4.69) is 9.97 Å². The summed E-state index contributed by atoms with van der Waals surface area (Å²) in [6, 6.07) is 6.97. The summed E-state index contributed by atoms with van der Waals surface area (Å²) >= 11 is 0. The molecule has 4 rings (SSSR count). The van der Waals surface area contributed by atoms with Crippen molar-refractivity contribution < 1.29 is 9.21 Å². The molecule has 4 heterocycles. The van der Waals surface area contributed by atoms with Gasteiger partial charge in [-0.25, -0.2) is 4.98 Å². The van der Waals surface area contributed by atoms with Gasteiger partial charge >= 0.3 is 0 Å². The maximum absolute atomic E-state index is 12.8. The average molecular weight is 338 g/mol. The van der Waals surface area contributed by atoms with Gasteiger partial charge in [-0.15, -0.1) is 0 Å². The van der Waals surface area contributed by atoms with Gasteiger partial charge in [0.2, 0.25) is 0 Å². The third kappa shape index (κ3) is 3.00. The zero-order valence-corrected chi connectivity index (χ0v) is 13.6. The van der Waals surface area contributed by atoms with Crippen molar-refractivity contribution in [2.45, 2.75) is 18.9 Å². The molecule has 1 fully saturated rings. The van der Waals surface area contributed by atoms with Crippen molar-refractivity contribution in [2.75, 3.05) is 13.1 Å². The van der Waals surface area contributed by atoms with Crippen molar-refractivity contribution in [3.63, 3.8) is 0 Å². The van der Waals surface area contributed by atoms with Crippen molar-refractivity contribution in [1.82, 2.24) is 19.4 Å². The van der Waals surface area contributed by atoms with E-state index in [1.807, 2.05) is 10.8 Å². The first-order valence-electron chi connectivity index (χ1n) is 8.26. The van der Waals surface area contributed by atoms with Gasteiger partial charge in [-0.2, -0.15) is 0 Å². The normalized spacial score (nSPS) is 17.6. The van der Waals surface area contributed by atoms with Gasteiger partial charge in [-0.1, -0.05) is 0 Å². The minimum absolute atomic E-state index is 0.154. The summed E-state index contributed by atoms with van der Waals surface area (Å²) in [6.45, 7) is 1.23. The SMILES string of the molecule is O=C(c1ccc(-c2ccco2)[nH]c1=O)N1CCCC(n2ccnc2)C1. The quantitative estimate of drug-likeness (QED) is 0.794. The minimum Gasteiger partial charge on any atom is -0.463 e. The third-order valence-electron chi connectivity index (χ3n) is 4.56. The van der Waals surface area contributed by atoms with Crippen molar-refractivity contribution in [3.05, 3.63) is 65.2 Å². The Labute approximate surface area is 143 Å². The lowest BCUT2D eigenvalue weighted by Gasteiger charge is -2.33. The van der Waals surface area contributed by atoms with Gasteiger partial charge in [0.25, 0.3) is 11.5 Å². The first-order valence-corrected chi connectivity index (χ1v) is 8.26. The molecule has 0 aromatic carbocycles. The summed E-state index contributed by atoms with van der Waals surface area (Å²) in [6.07, 6.45) is 8.84. The van der Waals surface area contributed by atoms with E-state index in [0.717, 1.165) is 12.8 Å². The monoisotopic (exact) mass is 338 g/mol. The Balaban J connectivity index is 1.55. The largest absolute Gasteiger partial charge is 0.463 e. The van der Waals surface area contributed by atoms with Gasteiger partial charge in [-0.3, -0.25) is 9.59 Å². The van der Waals surface area contributed by atoms with Gasteiger partial charge < -0.3 is 18.9 Å². The number of aromatic nitrogens is 3. The summed E-state index contributed by atoms with van der Waals surface area (Å²) in [4.78, 5) is 33.7. The van der Waals surface area contributed by atoms with Crippen LogP contribution in [0.1, 0.15) is 29.2 Å². The first kappa shape index (κ1) is 15.4. The van der Waals surface area contributed by atoms with Crippen LogP contribution in [0, 0.1) is 0 Å². The molecule has 7 nitrogen and oxygen atoms in total. The number of hydrogen-bond donors (Lipinski definition) is 1. The van der Waals surface area contributed by atoms with Crippen LogP contribution in [0.3, 0.4) is 0 Å². The number of H-pyrrole nitrogens is 1. The zero-order valence-electron chi connectivity index (χ0n) is 13.6. The standard InChI is InChI=1S/C18H18N4O3/c23-17-14(5-6-15(20-17)16-4-2-10-25-16)18(24)21-8-1-3-13(11-21)22-9-7-19-12-22/h2,4-7,9-10,12-13H,1,3,8,11H2,(H,20,23). The summed E-state index contributed by atoms with van der Waals surface area (Å²) in [5.41, 5.74) is 0.312. The molecule has 0 aliphatic carbocycles. The van der Waals surface area contributed by atoms with E-state index in [0.29, 0.717) is 24.5 Å². The average Bonchev–Trinajstić information content (AvgIpc) is 3.35. The molecule has 0 radical (unpaired) electrons. The van der Waals surface area contributed by atoms with E-state index in [1.165, 1.54) is 6.26 Å². The third-order valence-corrected chi connectivity index (χ3v) is 4.56. The number of piperidine rings is 1. The molecule has 0 spiro atoms. The Hall–Kier alpha value is -3.09. The fraction of sp³-hybridized carbons (Fsp3) is 0.278. The number of imidazole rings is 1. The molecule has 25 heavy (non-hydrogen) atoms. The smallest absolute Gasteiger partial charge is 0.261 e. The molecular weight excluding hydrogens is 320 g/mol. The highest BCUT2D eigenvalue weighted by Crippen LogP contribution is 2.22. The molecule has 1 amide bonds. The number of furan rings is 1. The van der Waals surface area contributed by atoms with Crippen LogP contribution in [0.2, 0.25) is 0 Å². The predicted octanol–water partition coefficient (Wildman–Crippen LogP) is 2.31. The number of pyridine rings is 1. The molecule has 1 atom stereocenters. The van der Waals surface area contributed by atoms with Crippen LogP contribution in [0.5, 0.6) is 0 Å². The fourth-order valence-electron chi connectivity index (χ4n) is 3.26. The number of amides is 1. The molecule has 128 valence electrons.